The lowest BCUT2D eigenvalue weighted by atomic mass is 10.1. The Labute approximate surface area is 191 Å². The third-order valence-electron chi connectivity index (χ3n) is 3.92. The normalized spacial score (nSPS) is 15.0. The van der Waals surface area contributed by atoms with Crippen molar-refractivity contribution in [2.75, 3.05) is 25.7 Å². The number of methoxy groups -OCH3 is 2. The molecule has 0 radical (unpaired) electrons. The maximum atomic E-state index is 12.9. The summed E-state index contributed by atoms with van der Waals surface area (Å²) in [5.41, 5.74) is 1.49. The van der Waals surface area contributed by atoms with E-state index in [1.165, 1.54) is 30.9 Å². The van der Waals surface area contributed by atoms with Crippen LogP contribution in [0.3, 0.4) is 0 Å². The molecule has 0 aromatic heterocycles. The standard InChI is InChI=1S/C20H16INO5S2/c1-25-15-9-12(8-14(21)18(15)27-11-17(23)26-2)10-16-19(24)22(20(28)29-16)13-6-4-3-5-7-13/h3-10H,11H2,1-2H3/b16-10+. The Bertz CT molecular complexity index is 994. The Kier molecular flexibility index (Phi) is 7.14. The van der Waals surface area contributed by atoms with Crippen LogP contribution < -0.4 is 14.4 Å². The van der Waals surface area contributed by atoms with E-state index in [4.69, 9.17) is 21.7 Å². The van der Waals surface area contributed by atoms with Gasteiger partial charge in [0.1, 0.15) is 0 Å². The van der Waals surface area contributed by atoms with Gasteiger partial charge >= 0.3 is 5.97 Å². The molecule has 1 amide bonds. The molecule has 0 atom stereocenters. The number of esters is 1. The van der Waals surface area contributed by atoms with Gasteiger partial charge in [-0.05, 0) is 58.5 Å². The Balaban J connectivity index is 1.88. The number of anilines is 1. The summed E-state index contributed by atoms with van der Waals surface area (Å²) in [6.45, 7) is -0.224. The first-order valence-electron chi connectivity index (χ1n) is 8.34. The second kappa shape index (κ2) is 9.59. The number of carbonyl (C=O) groups excluding carboxylic acids is 2. The Hall–Kier alpha value is -2.11. The van der Waals surface area contributed by atoms with Crippen LogP contribution in [0.15, 0.2) is 47.4 Å². The van der Waals surface area contributed by atoms with Gasteiger partial charge in [-0.2, -0.15) is 0 Å². The number of para-hydroxylation sites is 1. The lowest BCUT2D eigenvalue weighted by Gasteiger charge is -2.14. The molecule has 29 heavy (non-hydrogen) atoms. The Morgan fingerprint density at radius 3 is 2.62 bits per heavy atom. The minimum atomic E-state index is -0.489. The predicted octanol–water partition coefficient (Wildman–Crippen LogP) is 4.26. The number of benzene rings is 2. The van der Waals surface area contributed by atoms with Crippen molar-refractivity contribution >= 4 is 74.5 Å². The SMILES string of the molecule is COC(=O)COc1c(I)cc(/C=C2/SC(=S)N(c3ccccc3)C2=O)cc1OC. The van der Waals surface area contributed by atoms with Crippen LogP contribution in [0.4, 0.5) is 5.69 Å². The molecule has 2 aromatic rings. The summed E-state index contributed by atoms with van der Waals surface area (Å²) < 4.78 is 16.7. The minimum Gasteiger partial charge on any atom is -0.493 e. The van der Waals surface area contributed by atoms with Crippen LogP contribution in [0.2, 0.25) is 0 Å². The summed E-state index contributed by atoms with van der Waals surface area (Å²) in [7, 11) is 2.80. The van der Waals surface area contributed by atoms with Gasteiger partial charge in [-0.15, -0.1) is 0 Å². The van der Waals surface area contributed by atoms with Crippen LogP contribution in [0.5, 0.6) is 11.5 Å². The molecule has 0 unspecified atom stereocenters. The number of rotatable bonds is 6. The maximum absolute atomic E-state index is 12.9. The van der Waals surface area contributed by atoms with Gasteiger partial charge in [0, 0.05) is 0 Å². The summed E-state index contributed by atoms with van der Waals surface area (Å²) in [6.07, 6.45) is 1.76. The molecule has 6 nitrogen and oxygen atoms in total. The fraction of sp³-hybridized carbons (Fsp3) is 0.150. The van der Waals surface area contributed by atoms with Gasteiger partial charge in [0.05, 0.1) is 28.4 Å². The molecule has 1 heterocycles. The molecule has 150 valence electrons. The summed E-state index contributed by atoms with van der Waals surface area (Å²) in [5.74, 6) is 0.223. The van der Waals surface area contributed by atoms with Crippen molar-refractivity contribution in [1.29, 1.82) is 0 Å². The van der Waals surface area contributed by atoms with Crippen LogP contribution in [0, 0.1) is 3.57 Å². The highest BCUT2D eigenvalue weighted by Gasteiger charge is 2.33. The molecule has 2 aromatic carbocycles. The smallest absolute Gasteiger partial charge is 0.343 e. The molecular weight excluding hydrogens is 525 g/mol. The number of thiocarbonyl (C=S) groups is 1. The highest BCUT2D eigenvalue weighted by Crippen LogP contribution is 2.38. The molecule has 0 N–H and O–H groups in total. The van der Waals surface area contributed by atoms with Crippen molar-refractivity contribution in [2.45, 2.75) is 0 Å². The highest BCUT2D eigenvalue weighted by atomic mass is 127. The number of thioether (sulfide) groups is 1. The quantitative estimate of drug-likeness (QED) is 0.235. The van der Waals surface area contributed by atoms with Crippen molar-refractivity contribution in [1.82, 2.24) is 0 Å². The van der Waals surface area contributed by atoms with E-state index in [1.54, 1.807) is 12.1 Å². The topological polar surface area (TPSA) is 65.1 Å². The van der Waals surface area contributed by atoms with Gasteiger partial charge in [-0.3, -0.25) is 9.69 Å². The van der Waals surface area contributed by atoms with Crippen molar-refractivity contribution in [3.05, 3.63) is 56.5 Å². The van der Waals surface area contributed by atoms with E-state index >= 15 is 0 Å². The Morgan fingerprint density at radius 1 is 1.24 bits per heavy atom. The van der Waals surface area contributed by atoms with Gasteiger partial charge in [0.15, 0.2) is 22.4 Å². The zero-order valence-electron chi connectivity index (χ0n) is 15.5. The lowest BCUT2D eigenvalue weighted by Crippen LogP contribution is -2.27. The van der Waals surface area contributed by atoms with E-state index in [0.29, 0.717) is 20.7 Å². The number of hydrogen-bond donors (Lipinski definition) is 0. The van der Waals surface area contributed by atoms with Gasteiger partial charge in [-0.1, -0.05) is 42.2 Å². The van der Waals surface area contributed by atoms with Gasteiger partial charge in [0.2, 0.25) is 0 Å². The second-order valence-electron chi connectivity index (χ2n) is 5.75. The fourth-order valence-electron chi connectivity index (χ4n) is 2.57. The van der Waals surface area contributed by atoms with Gasteiger partial charge in [0.25, 0.3) is 5.91 Å². The van der Waals surface area contributed by atoms with Crippen LogP contribution >= 0.6 is 46.6 Å². The monoisotopic (exact) mass is 541 g/mol. The zero-order valence-corrected chi connectivity index (χ0v) is 19.3. The van der Waals surface area contributed by atoms with E-state index in [2.05, 4.69) is 27.3 Å². The first-order chi connectivity index (χ1) is 13.9. The molecule has 1 aliphatic rings. The molecular formula is C20H16INO5S2. The average molecular weight is 541 g/mol. The summed E-state index contributed by atoms with van der Waals surface area (Å²) >= 11 is 8.73. The highest BCUT2D eigenvalue weighted by molar-refractivity contribution is 14.1. The summed E-state index contributed by atoms with van der Waals surface area (Å²) in [5, 5.41) is 0. The van der Waals surface area contributed by atoms with E-state index in [9.17, 15) is 9.59 Å². The fourth-order valence-corrected chi connectivity index (χ4v) is 4.65. The molecule has 0 spiro atoms. The molecule has 0 bridgehead atoms. The van der Waals surface area contributed by atoms with Crippen LogP contribution in [-0.4, -0.2) is 37.0 Å². The third kappa shape index (κ3) is 4.90. The third-order valence-corrected chi connectivity index (χ3v) is 6.02. The molecule has 0 saturated carbocycles. The van der Waals surface area contributed by atoms with Gasteiger partial charge in [-0.25, -0.2) is 4.79 Å². The van der Waals surface area contributed by atoms with Crippen molar-refractivity contribution < 1.29 is 23.8 Å². The summed E-state index contributed by atoms with van der Waals surface area (Å²) in [4.78, 5) is 26.3. The van der Waals surface area contributed by atoms with Crippen LogP contribution in [-0.2, 0) is 14.3 Å². The van der Waals surface area contributed by atoms with Crippen LogP contribution in [0.1, 0.15) is 5.56 Å². The largest absolute Gasteiger partial charge is 0.493 e. The lowest BCUT2D eigenvalue weighted by molar-refractivity contribution is -0.142. The number of hydrogen-bond acceptors (Lipinski definition) is 7. The predicted molar refractivity (Wildman–Crippen MR) is 125 cm³/mol. The number of amides is 1. The number of ether oxygens (including phenoxy) is 3. The van der Waals surface area contributed by atoms with E-state index in [0.717, 1.165) is 14.8 Å². The van der Waals surface area contributed by atoms with Crippen molar-refractivity contribution in [2.24, 2.45) is 0 Å². The Morgan fingerprint density at radius 2 is 1.97 bits per heavy atom. The molecule has 0 aliphatic carbocycles. The number of nitrogens with zero attached hydrogens (tertiary/aromatic N) is 1. The van der Waals surface area contributed by atoms with Crippen molar-refractivity contribution in [3.63, 3.8) is 0 Å². The van der Waals surface area contributed by atoms with E-state index < -0.39 is 5.97 Å². The first-order valence-corrected chi connectivity index (χ1v) is 10.6. The second-order valence-corrected chi connectivity index (χ2v) is 8.59. The first kappa shape index (κ1) is 21.6. The molecule has 1 fully saturated rings. The maximum Gasteiger partial charge on any atom is 0.343 e. The molecule has 3 rings (SSSR count). The average Bonchev–Trinajstić information content (AvgIpc) is 3.00. The minimum absolute atomic E-state index is 0.175. The van der Waals surface area contributed by atoms with Gasteiger partial charge < -0.3 is 14.2 Å². The van der Waals surface area contributed by atoms with E-state index in [-0.39, 0.29) is 12.5 Å². The van der Waals surface area contributed by atoms with Crippen LogP contribution in [0.25, 0.3) is 6.08 Å². The zero-order chi connectivity index (χ0) is 21.0. The van der Waals surface area contributed by atoms with Crippen molar-refractivity contribution in [3.8, 4) is 11.5 Å². The summed E-state index contributed by atoms with van der Waals surface area (Å²) in [6, 6.07) is 12.9. The number of carbonyl (C=O) groups is 2. The molecule has 9 heteroatoms. The van der Waals surface area contributed by atoms with E-state index in [1.807, 2.05) is 36.4 Å². The molecule has 1 saturated heterocycles. The molecule has 1 aliphatic heterocycles. The number of halogens is 1.